The van der Waals surface area contributed by atoms with E-state index in [0.717, 1.165) is 12.8 Å². The van der Waals surface area contributed by atoms with Crippen LogP contribution in [0.1, 0.15) is 47.5 Å². The summed E-state index contributed by atoms with van der Waals surface area (Å²) in [6, 6.07) is 0. The van der Waals surface area contributed by atoms with E-state index in [1.807, 2.05) is 6.92 Å². The lowest BCUT2D eigenvalue weighted by atomic mass is 9.99. The number of esters is 4. The average molecular weight is 420 g/mol. The van der Waals surface area contributed by atoms with Crippen LogP contribution >= 0.6 is 11.8 Å². The maximum absolute atomic E-state index is 11.7. The number of hydrogen-bond donors (Lipinski definition) is 0. The van der Waals surface area contributed by atoms with Crippen LogP contribution in [0.25, 0.3) is 0 Å². The van der Waals surface area contributed by atoms with Crippen molar-refractivity contribution in [2.45, 2.75) is 77.3 Å². The Morgan fingerprint density at radius 3 is 1.86 bits per heavy atom. The lowest BCUT2D eigenvalue weighted by Gasteiger charge is -2.44. The molecule has 1 fully saturated rings. The van der Waals surface area contributed by atoms with Gasteiger partial charge in [0.2, 0.25) is 0 Å². The maximum Gasteiger partial charge on any atom is 0.303 e. The van der Waals surface area contributed by atoms with Crippen molar-refractivity contribution in [1.29, 1.82) is 0 Å². The molecule has 1 saturated heterocycles. The standard InChI is InChI=1S/C18H28O9S/c1-6-7-8-28-18-17(26-13(5)22)16(25-12(4)21)15(24-11(3)20)14(27-18)9-23-10(2)19/h14-18H,6-9H2,1-5H3/t14-,15-,16+,17-,18-/m1/s1. The second kappa shape index (κ2) is 11.9. The highest BCUT2D eigenvalue weighted by atomic mass is 32.2. The Hall–Kier alpha value is -1.81. The first kappa shape index (κ1) is 24.2. The molecule has 1 heterocycles. The van der Waals surface area contributed by atoms with Gasteiger partial charge in [0.15, 0.2) is 18.3 Å². The molecule has 0 aliphatic carbocycles. The van der Waals surface area contributed by atoms with Crippen molar-refractivity contribution < 1.29 is 42.9 Å². The molecule has 9 nitrogen and oxygen atoms in total. The van der Waals surface area contributed by atoms with Crippen molar-refractivity contribution in [3.8, 4) is 0 Å². The molecule has 0 amide bonds. The van der Waals surface area contributed by atoms with Crippen LogP contribution in [0.2, 0.25) is 0 Å². The number of thioether (sulfide) groups is 1. The molecule has 0 N–H and O–H groups in total. The van der Waals surface area contributed by atoms with Crippen molar-refractivity contribution in [3.05, 3.63) is 0 Å². The van der Waals surface area contributed by atoms with Crippen molar-refractivity contribution in [2.75, 3.05) is 12.4 Å². The van der Waals surface area contributed by atoms with Crippen molar-refractivity contribution in [2.24, 2.45) is 0 Å². The van der Waals surface area contributed by atoms with Gasteiger partial charge in [0.25, 0.3) is 0 Å². The van der Waals surface area contributed by atoms with Gasteiger partial charge >= 0.3 is 23.9 Å². The van der Waals surface area contributed by atoms with Gasteiger partial charge in [-0.05, 0) is 12.2 Å². The van der Waals surface area contributed by atoms with Crippen molar-refractivity contribution in [3.63, 3.8) is 0 Å². The summed E-state index contributed by atoms with van der Waals surface area (Å²) in [6.45, 7) is 6.69. The first-order chi connectivity index (χ1) is 13.1. The molecule has 0 unspecified atom stereocenters. The fourth-order valence-corrected chi connectivity index (χ4v) is 3.98. The third-order valence-corrected chi connectivity index (χ3v) is 4.96. The molecule has 0 saturated carbocycles. The molecule has 160 valence electrons. The van der Waals surface area contributed by atoms with E-state index in [9.17, 15) is 19.2 Å². The van der Waals surface area contributed by atoms with Gasteiger partial charge in [0, 0.05) is 27.7 Å². The molecule has 0 spiro atoms. The van der Waals surface area contributed by atoms with Crippen LogP contribution < -0.4 is 0 Å². The molecule has 1 aliphatic heterocycles. The van der Waals surface area contributed by atoms with Crippen LogP contribution in [-0.4, -0.2) is 66.1 Å². The number of unbranched alkanes of at least 4 members (excludes halogenated alkanes) is 1. The fourth-order valence-electron chi connectivity index (χ4n) is 2.67. The van der Waals surface area contributed by atoms with Crippen LogP contribution in [-0.2, 0) is 42.9 Å². The molecular formula is C18H28O9S. The molecule has 0 aromatic heterocycles. The molecule has 1 aliphatic rings. The van der Waals surface area contributed by atoms with E-state index in [4.69, 9.17) is 23.7 Å². The summed E-state index contributed by atoms with van der Waals surface area (Å²) in [4.78, 5) is 46.2. The highest BCUT2D eigenvalue weighted by Gasteiger charge is 2.52. The minimum atomic E-state index is -1.10. The highest BCUT2D eigenvalue weighted by molar-refractivity contribution is 7.99. The molecule has 10 heteroatoms. The zero-order valence-electron chi connectivity index (χ0n) is 16.8. The van der Waals surface area contributed by atoms with Gasteiger partial charge in [-0.15, -0.1) is 11.8 Å². The monoisotopic (exact) mass is 420 g/mol. The molecular weight excluding hydrogens is 392 g/mol. The summed E-state index contributed by atoms with van der Waals surface area (Å²) >= 11 is 1.39. The first-order valence-electron chi connectivity index (χ1n) is 9.07. The van der Waals surface area contributed by atoms with Gasteiger partial charge < -0.3 is 23.7 Å². The molecule has 0 aromatic carbocycles. The van der Waals surface area contributed by atoms with E-state index < -0.39 is 53.7 Å². The van der Waals surface area contributed by atoms with Crippen LogP contribution in [0.3, 0.4) is 0 Å². The van der Waals surface area contributed by atoms with Crippen LogP contribution in [0.15, 0.2) is 0 Å². The van der Waals surface area contributed by atoms with Crippen LogP contribution in [0.5, 0.6) is 0 Å². The van der Waals surface area contributed by atoms with Gasteiger partial charge in [0.1, 0.15) is 18.1 Å². The smallest absolute Gasteiger partial charge is 0.303 e. The zero-order valence-corrected chi connectivity index (χ0v) is 17.6. The predicted octanol–water partition coefficient (Wildman–Crippen LogP) is 1.60. The Bertz CT molecular complexity index is 565. The molecule has 5 atom stereocenters. The van der Waals surface area contributed by atoms with Crippen LogP contribution in [0, 0.1) is 0 Å². The molecule has 1 rings (SSSR count). The quantitative estimate of drug-likeness (QED) is 0.309. The molecule has 0 radical (unpaired) electrons. The number of carbonyl (C=O) groups excluding carboxylic acids is 4. The summed E-state index contributed by atoms with van der Waals surface area (Å²) in [6.07, 6.45) is -2.22. The summed E-state index contributed by atoms with van der Waals surface area (Å²) in [5.41, 5.74) is -0.688. The Morgan fingerprint density at radius 2 is 1.36 bits per heavy atom. The average Bonchev–Trinajstić information content (AvgIpc) is 2.57. The molecule has 0 bridgehead atoms. The normalized spacial score (nSPS) is 26.8. The minimum Gasteiger partial charge on any atom is -0.463 e. The molecule has 28 heavy (non-hydrogen) atoms. The third-order valence-electron chi connectivity index (χ3n) is 3.73. The number of carbonyl (C=O) groups is 4. The second-order valence-corrected chi connectivity index (χ2v) is 7.50. The zero-order chi connectivity index (χ0) is 21.3. The van der Waals surface area contributed by atoms with E-state index in [0.29, 0.717) is 5.75 Å². The fraction of sp³-hybridized carbons (Fsp3) is 0.778. The maximum atomic E-state index is 11.7. The second-order valence-electron chi connectivity index (χ2n) is 6.29. The Labute approximate surface area is 168 Å². The predicted molar refractivity (Wildman–Crippen MR) is 99.3 cm³/mol. The summed E-state index contributed by atoms with van der Waals surface area (Å²) in [5, 5.41) is 0. The SMILES string of the molecule is CCCCS[C@H]1O[C@H](COC(C)=O)[C@@H](OC(C)=O)[C@H](OC(C)=O)[C@H]1OC(C)=O. The first-order valence-corrected chi connectivity index (χ1v) is 10.1. The van der Waals surface area contributed by atoms with Crippen molar-refractivity contribution >= 4 is 35.6 Å². The van der Waals surface area contributed by atoms with Crippen molar-refractivity contribution in [1.82, 2.24) is 0 Å². The van der Waals surface area contributed by atoms with E-state index >= 15 is 0 Å². The Balaban J connectivity index is 3.21. The van der Waals surface area contributed by atoms with E-state index in [1.165, 1.54) is 39.5 Å². The third kappa shape index (κ3) is 8.05. The number of ether oxygens (including phenoxy) is 5. The lowest BCUT2D eigenvalue weighted by Crippen LogP contribution is -2.61. The summed E-state index contributed by atoms with van der Waals surface area (Å²) in [7, 11) is 0. The van der Waals surface area contributed by atoms with E-state index in [2.05, 4.69) is 0 Å². The van der Waals surface area contributed by atoms with E-state index in [1.54, 1.807) is 0 Å². The molecule has 0 aromatic rings. The van der Waals surface area contributed by atoms with Crippen LogP contribution in [0.4, 0.5) is 0 Å². The largest absolute Gasteiger partial charge is 0.463 e. The van der Waals surface area contributed by atoms with Gasteiger partial charge in [0.05, 0.1) is 0 Å². The van der Waals surface area contributed by atoms with Gasteiger partial charge in [-0.3, -0.25) is 19.2 Å². The Morgan fingerprint density at radius 1 is 0.821 bits per heavy atom. The highest BCUT2D eigenvalue weighted by Crippen LogP contribution is 2.34. The van der Waals surface area contributed by atoms with Gasteiger partial charge in [-0.2, -0.15) is 0 Å². The summed E-state index contributed by atoms with van der Waals surface area (Å²) < 4.78 is 27.0. The summed E-state index contributed by atoms with van der Waals surface area (Å²) in [5.74, 6) is -1.69. The minimum absolute atomic E-state index is 0.206. The van der Waals surface area contributed by atoms with Gasteiger partial charge in [-0.25, -0.2) is 0 Å². The topological polar surface area (TPSA) is 114 Å². The number of hydrogen-bond acceptors (Lipinski definition) is 10. The lowest BCUT2D eigenvalue weighted by molar-refractivity contribution is -0.237. The number of rotatable bonds is 9. The van der Waals surface area contributed by atoms with Gasteiger partial charge in [-0.1, -0.05) is 13.3 Å². The Kier molecular flexibility index (Phi) is 10.3. The van der Waals surface area contributed by atoms with E-state index in [-0.39, 0.29) is 6.61 Å².